The molecule has 2 aliphatic rings. The van der Waals surface area contributed by atoms with Gasteiger partial charge in [-0.15, -0.1) is 24.0 Å². The van der Waals surface area contributed by atoms with Crippen LogP contribution in [0.2, 0.25) is 0 Å². The van der Waals surface area contributed by atoms with Crippen molar-refractivity contribution in [2.75, 3.05) is 46.4 Å². The summed E-state index contributed by atoms with van der Waals surface area (Å²) in [4.78, 5) is 18.5. The van der Waals surface area contributed by atoms with Crippen molar-refractivity contribution in [3.8, 4) is 0 Å². The Morgan fingerprint density at radius 3 is 2.39 bits per heavy atom. The van der Waals surface area contributed by atoms with Gasteiger partial charge in [0.2, 0.25) is 5.91 Å². The normalized spacial score (nSPS) is 21.8. The first-order chi connectivity index (χ1) is 12.9. The van der Waals surface area contributed by atoms with Crippen LogP contribution in [0.4, 0.5) is 0 Å². The highest BCUT2D eigenvalue weighted by molar-refractivity contribution is 14.0. The molecule has 28 heavy (non-hydrogen) atoms. The largest absolute Gasteiger partial charge is 0.376 e. The summed E-state index contributed by atoms with van der Waals surface area (Å²) in [5, 5.41) is 6.30. The van der Waals surface area contributed by atoms with Crippen LogP contribution in [-0.2, 0) is 14.3 Å². The smallest absolute Gasteiger partial charge is 0.225 e. The molecule has 2 N–H and O–H groups in total. The number of carbonyl (C=O) groups is 1. The van der Waals surface area contributed by atoms with Crippen molar-refractivity contribution in [2.24, 2.45) is 10.4 Å². The molecule has 0 spiro atoms. The van der Waals surface area contributed by atoms with E-state index in [1.54, 1.807) is 7.05 Å². The zero-order valence-electron chi connectivity index (χ0n) is 18.0. The van der Waals surface area contributed by atoms with Crippen LogP contribution in [0.25, 0.3) is 0 Å². The molecule has 0 radical (unpaired) electrons. The molecular weight excluding hydrogens is 471 g/mol. The predicted octanol–water partition coefficient (Wildman–Crippen LogP) is 2.39. The average Bonchev–Trinajstić information content (AvgIpc) is 2.67. The van der Waals surface area contributed by atoms with Gasteiger partial charge in [-0.25, -0.2) is 0 Å². The number of guanidine groups is 1. The lowest BCUT2D eigenvalue weighted by molar-refractivity contribution is -0.128. The minimum atomic E-state index is -0.355. The average molecular weight is 510 g/mol. The van der Waals surface area contributed by atoms with Crippen LogP contribution >= 0.6 is 24.0 Å². The van der Waals surface area contributed by atoms with Gasteiger partial charge in [0.05, 0.1) is 18.8 Å². The van der Waals surface area contributed by atoms with Gasteiger partial charge in [-0.05, 0) is 32.1 Å². The Morgan fingerprint density at radius 1 is 1.14 bits per heavy atom. The number of nitrogens with zero attached hydrogens (tertiary/aromatic N) is 2. The molecule has 2 fully saturated rings. The molecule has 2 rings (SSSR count). The van der Waals surface area contributed by atoms with Crippen molar-refractivity contribution in [1.82, 2.24) is 15.5 Å². The Bertz CT molecular complexity index is 482. The van der Waals surface area contributed by atoms with Gasteiger partial charge in [-0.1, -0.05) is 20.8 Å². The van der Waals surface area contributed by atoms with E-state index >= 15 is 0 Å². The second-order valence-corrected chi connectivity index (χ2v) is 8.49. The summed E-state index contributed by atoms with van der Waals surface area (Å²) in [6.07, 6.45) is 6.18. The van der Waals surface area contributed by atoms with E-state index in [9.17, 15) is 4.79 Å². The van der Waals surface area contributed by atoms with Crippen LogP contribution in [0.3, 0.4) is 0 Å². The Hall–Kier alpha value is -0.610. The third-order valence-corrected chi connectivity index (χ3v) is 5.12. The molecule has 7 nitrogen and oxygen atoms in total. The van der Waals surface area contributed by atoms with Crippen molar-refractivity contribution < 1.29 is 14.3 Å². The minimum absolute atomic E-state index is 0. The number of amides is 1. The maximum atomic E-state index is 11.9. The summed E-state index contributed by atoms with van der Waals surface area (Å²) in [6.45, 7) is 10.5. The van der Waals surface area contributed by atoms with E-state index in [0.29, 0.717) is 19.2 Å². The molecule has 0 aromatic carbocycles. The van der Waals surface area contributed by atoms with E-state index in [0.717, 1.165) is 51.5 Å². The van der Waals surface area contributed by atoms with E-state index in [-0.39, 0.29) is 41.4 Å². The second-order valence-electron chi connectivity index (χ2n) is 8.49. The number of hydrogen-bond acceptors (Lipinski definition) is 4. The molecule has 1 unspecified atom stereocenters. The molecule has 0 aromatic heterocycles. The Morgan fingerprint density at radius 2 is 1.82 bits per heavy atom. The number of piperidine rings is 1. The number of aliphatic imine (C=N–C) groups is 1. The highest BCUT2D eigenvalue weighted by atomic mass is 127. The summed E-state index contributed by atoms with van der Waals surface area (Å²) >= 11 is 0. The zero-order valence-corrected chi connectivity index (χ0v) is 20.3. The van der Waals surface area contributed by atoms with E-state index in [4.69, 9.17) is 9.47 Å². The fraction of sp³-hybridized carbons (Fsp3) is 0.900. The summed E-state index contributed by atoms with van der Waals surface area (Å²) in [6, 6.07) is 0. The van der Waals surface area contributed by atoms with Crippen molar-refractivity contribution in [3.63, 3.8) is 0 Å². The second kappa shape index (κ2) is 12.8. The van der Waals surface area contributed by atoms with Gasteiger partial charge in [0.25, 0.3) is 0 Å². The molecule has 1 amide bonds. The lowest BCUT2D eigenvalue weighted by atomic mass is 9.96. The van der Waals surface area contributed by atoms with Gasteiger partial charge in [0, 0.05) is 45.2 Å². The van der Waals surface area contributed by atoms with Crippen molar-refractivity contribution >= 4 is 35.8 Å². The monoisotopic (exact) mass is 510 g/mol. The molecule has 0 bridgehead atoms. The first kappa shape index (κ1) is 25.4. The van der Waals surface area contributed by atoms with Gasteiger partial charge in [0.15, 0.2) is 5.96 Å². The Balaban J connectivity index is 0.00000392. The van der Waals surface area contributed by atoms with E-state index in [1.807, 2.05) is 20.8 Å². The third-order valence-electron chi connectivity index (χ3n) is 5.12. The van der Waals surface area contributed by atoms with E-state index in [2.05, 4.69) is 20.5 Å². The minimum Gasteiger partial charge on any atom is -0.376 e. The van der Waals surface area contributed by atoms with Crippen LogP contribution in [0, 0.1) is 5.41 Å². The highest BCUT2D eigenvalue weighted by Crippen LogP contribution is 2.18. The van der Waals surface area contributed by atoms with Crippen LogP contribution in [0.1, 0.15) is 52.9 Å². The number of ether oxygens (including phenoxy) is 2. The van der Waals surface area contributed by atoms with Crippen molar-refractivity contribution in [2.45, 2.75) is 65.1 Å². The maximum Gasteiger partial charge on any atom is 0.225 e. The van der Waals surface area contributed by atoms with E-state index < -0.39 is 0 Å². The summed E-state index contributed by atoms with van der Waals surface area (Å²) < 4.78 is 11.8. The summed E-state index contributed by atoms with van der Waals surface area (Å²) in [7, 11) is 1.80. The molecule has 0 aromatic rings. The van der Waals surface area contributed by atoms with Crippen LogP contribution < -0.4 is 10.6 Å². The molecular formula is C20H39IN4O3. The molecule has 0 saturated carbocycles. The van der Waals surface area contributed by atoms with Crippen LogP contribution in [0.5, 0.6) is 0 Å². The number of carbonyl (C=O) groups excluding carboxylic acids is 1. The number of likely N-dealkylation sites (tertiary alicyclic amines) is 1. The van der Waals surface area contributed by atoms with Crippen LogP contribution in [-0.4, -0.2) is 75.4 Å². The summed E-state index contributed by atoms with van der Waals surface area (Å²) in [5.74, 6) is 0.966. The van der Waals surface area contributed by atoms with Gasteiger partial charge in [-0.3, -0.25) is 9.79 Å². The Labute approximate surface area is 187 Å². The van der Waals surface area contributed by atoms with Gasteiger partial charge < -0.3 is 25.0 Å². The van der Waals surface area contributed by atoms with Crippen LogP contribution in [0.15, 0.2) is 4.99 Å². The number of rotatable bonds is 6. The standard InChI is InChI=1S/C20H38N4O3.HI/c1-20(2,3)18(25)22-10-11-23-19(21-4)24-12-8-16(9-13-24)27-15-17-7-5-6-14-26-17;/h16-17H,5-15H2,1-4H3,(H,21,23)(H,22,25);1H. The predicted molar refractivity (Wildman–Crippen MR) is 123 cm³/mol. The first-order valence-corrected chi connectivity index (χ1v) is 10.4. The third kappa shape index (κ3) is 8.82. The molecule has 2 saturated heterocycles. The zero-order chi connectivity index (χ0) is 19.7. The van der Waals surface area contributed by atoms with Gasteiger partial charge in [-0.2, -0.15) is 0 Å². The first-order valence-electron chi connectivity index (χ1n) is 10.4. The summed E-state index contributed by atoms with van der Waals surface area (Å²) in [5.41, 5.74) is -0.355. The van der Waals surface area contributed by atoms with Gasteiger partial charge in [0.1, 0.15) is 0 Å². The SMILES string of the molecule is CN=C(NCCNC(=O)C(C)(C)C)N1CCC(OCC2CCCCO2)CC1.I. The quantitative estimate of drug-likeness (QED) is 0.249. The molecule has 8 heteroatoms. The lowest BCUT2D eigenvalue weighted by Gasteiger charge is -2.35. The number of hydrogen-bond donors (Lipinski definition) is 2. The Kier molecular flexibility index (Phi) is 11.7. The molecule has 2 heterocycles. The number of halogens is 1. The molecule has 2 aliphatic heterocycles. The lowest BCUT2D eigenvalue weighted by Crippen LogP contribution is -2.49. The molecule has 1 atom stereocenters. The molecule has 164 valence electrons. The topological polar surface area (TPSA) is 75.2 Å². The van der Waals surface area contributed by atoms with Crippen molar-refractivity contribution in [3.05, 3.63) is 0 Å². The molecule has 0 aliphatic carbocycles. The number of nitrogens with one attached hydrogen (secondary N) is 2. The fourth-order valence-corrected chi connectivity index (χ4v) is 3.36. The highest BCUT2D eigenvalue weighted by Gasteiger charge is 2.24. The van der Waals surface area contributed by atoms with E-state index in [1.165, 1.54) is 12.8 Å². The maximum absolute atomic E-state index is 11.9. The van der Waals surface area contributed by atoms with Crippen molar-refractivity contribution in [1.29, 1.82) is 0 Å². The van der Waals surface area contributed by atoms with Gasteiger partial charge >= 0.3 is 0 Å². The fourth-order valence-electron chi connectivity index (χ4n) is 3.36.